The fourth-order valence-corrected chi connectivity index (χ4v) is 2.90. The SMILES string of the molecule is Cc1cc(C(=O)O[C@@H](C)C(=O)Nc2ccc(F)c(F)c2)c(C)n1Cc1ccco1. The molecule has 0 saturated heterocycles. The molecular formula is C21H20F2N2O4. The van der Waals surface area contributed by atoms with E-state index < -0.39 is 29.6 Å². The van der Waals surface area contributed by atoms with Crippen LogP contribution in [0.15, 0.2) is 47.1 Å². The van der Waals surface area contributed by atoms with Gasteiger partial charge in [0.2, 0.25) is 0 Å². The highest BCUT2D eigenvalue weighted by Crippen LogP contribution is 2.19. The average molecular weight is 402 g/mol. The molecule has 6 nitrogen and oxygen atoms in total. The van der Waals surface area contributed by atoms with Crippen LogP contribution in [-0.4, -0.2) is 22.5 Å². The van der Waals surface area contributed by atoms with Gasteiger partial charge in [0.15, 0.2) is 17.7 Å². The summed E-state index contributed by atoms with van der Waals surface area (Å²) in [5.41, 5.74) is 1.91. The molecule has 0 aliphatic rings. The topological polar surface area (TPSA) is 73.5 Å². The largest absolute Gasteiger partial charge is 0.467 e. The molecule has 1 amide bonds. The number of nitrogens with one attached hydrogen (secondary N) is 1. The summed E-state index contributed by atoms with van der Waals surface area (Å²) < 4.78 is 38.7. The lowest BCUT2D eigenvalue weighted by Crippen LogP contribution is -2.30. The van der Waals surface area contributed by atoms with Crippen LogP contribution in [0.25, 0.3) is 0 Å². The predicted molar refractivity (Wildman–Crippen MR) is 102 cm³/mol. The number of aromatic nitrogens is 1. The highest BCUT2D eigenvalue weighted by molar-refractivity contribution is 5.97. The highest BCUT2D eigenvalue weighted by atomic mass is 19.2. The van der Waals surface area contributed by atoms with Crippen LogP contribution < -0.4 is 5.32 Å². The molecule has 0 saturated carbocycles. The Hall–Kier alpha value is -3.42. The first-order chi connectivity index (χ1) is 13.8. The summed E-state index contributed by atoms with van der Waals surface area (Å²) in [6.07, 6.45) is 0.440. The summed E-state index contributed by atoms with van der Waals surface area (Å²) in [4.78, 5) is 24.8. The summed E-state index contributed by atoms with van der Waals surface area (Å²) in [7, 11) is 0. The van der Waals surface area contributed by atoms with Crippen molar-refractivity contribution < 1.29 is 27.5 Å². The summed E-state index contributed by atoms with van der Waals surface area (Å²) in [6, 6.07) is 8.26. The average Bonchev–Trinajstić information content (AvgIpc) is 3.28. The van der Waals surface area contributed by atoms with Gasteiger partial charge in [0.1, 0.15) is 5.76 Å². The third-order valence-electron chi connectivity index (χ3n) is 4.53. The van der Waals surface area contributed by atoms with E-state index in [9.17, 15) is 18.4 Å². The van der Waals surface area contributed by atoms with Crippen molar-refractivity contribution in [3.8, 4) is 0 Å². The minimum atomic E-state index is -1.14. The Bertz CT molecular complexity index is 1040. The van der Waals surface area contributed by atoms with Gasteiger partial charge < -0.3 is 19.0 Å². The third-order valence-corrected chi connectivity index (χ3v) is 4.53. The van der Waals surface area contributed by atoms with E-state index in [-0.39, 0.29) is 5.69 Å². The number of hydrogen-bond acceptors (Lipinski definition) is 4. The van der Waals surface area contributed by atoms with E-state index in [0.717, 1.165) is 23.6 Å². The molecule has 1 atom stereocenters. The second kappa shape index (κ2) is 8.30. The maximum Gasteiger partial charge on any atom is 0.340 e. The van der Waals surface area contributed by atoms with Gasteiger partial charge >= 0.3 is 5.97 Å². The first kappa shape index (κ1) is 20.3. The first-order valence-electron chi connectivity index (χ1n) is 8.92. The first-order valence-corrected chi connectivity index (χ1v) is 8.92. The Balaban J connectivity index is 1.67. The number of aryl methyl sites for hydroxylation is 1. The van der Waals surface area contributed by atoms with Gasteiger partial charge in [-0.2, -0.15) is 0 Å². The Morgan fingerprint density at radius 2 is 1.93 bits per heavy atom. The zero-order valence-corrected chi connectivity index (χ0v) is 16.2. The third kappa shape index (κ3) is 4.53. The Kier molecular flexibility index (Phi) is 5.81. The van der Waals surface area contributed by atoms with Crippen molar-refractivity contribution >= 4 is 17.6 Å². The van der Waals surface area contributed by atoms with Gasteiger partial charge in [0.25, 0.3) is 5.91 Å². The van der Waals surface area contributed by atoms with Crippen LogP contribution >= 0.6 is 0 Å². The minimum absolute atomic E-state index is 0.0634. The number of carbonyl (C=O) groups is 2. The van der Waals surface area contributed by atoms with Crippen LogP contribution in [0.5, 0.6) is 0 Å². The molecule has 1 aromatic carbocycles. The summed E-state index contributed by atoms with van der Waals surface area (Å²) in [5.74, 6) is -2.68. The number of amides is 1. The molecule has 8 heteroatoms. The van der Waals surface area contributed by atoms with E-state index in [1.807, 2.05) is 17.6 Å². The zero-order valence-electron chi connectivity index (χ0n) is 16.2. The normalized spacial score (nSPS) is 11.9. The van der Waals surface area contributed by atoms with Crippen molar-refractivity contribution in [2.24, 2.45) is 0 Å². The number of benzene rings is 1. The number of rotatable bonds is 6. The van der Waals surface area contributed by atoms with Crippen LogP contribution in [0.3, 0.4) is 0 Å². The lowest BCUT2D eigenvalue weighted by molar-refractivity contribution is -0.123. The summed E-state index contributed by atoms with van der Waals surface area (Å²) in [5, 5.41) is 2.39. The number of nitrogens with zero attached hydrogens (tertiary/aromatic N) is 1. The van der Waals surface area contributed by atoms with Gasteiger partial charge in [0.05, 0.1) is 18.4 Å². The molecule has 0 aliphatic carbocycles. The zero-order chi connectivity index (χ0) is 21.1. The van der Waals surface area contributed by atoms with Crippen molar-refractivity contribution in [3.63, 3.8) is 0 Å². The molecule has 0 bridgehead atoms. The standard InChI is InChI=1S/C21H20F2N2O4/c1-12-9-17(13(2)25(12)11-16-5-4-8-28-16)21(27)29-14(3)20(26)24-15-6-7-18(22)19(23)10-15/h4-10,14H,11H2,1-3H3,(H,24,26)/t14-/m0/s1. The van der Waals surface area contributed by atoms with Crippen molar-refractivity contribution in [1.29, 1.82) is 0 Å². The molecule has 0 fully saturated rings. The molecule has 0 aliphatic heterocycles. The molecule has 3 aromatic rings. The van der Waals surface area contributed by atoms with Gasteiger partial charge in [-0.3, -0.25) is 4.79 Å². The number of ether oxygens (including phenoxy) is 1. The second-order valence-corrected chi connectivity index (χ2v) is 6.62. The van der Waals surface area contributed by atoms with E-state index in [1.54, 1.807) is 25.3 Å². The lowest BCUT2D eigenvalue weighted by atomic mass is 10.2. The Morgan fingerprint density at radius 3 is 2.59 bits per heavy atom. The van der Waals surface area contributed by atoms with Gasteiger partial charge in [-0.05, 0) is 51.1 Å². The second-order valence-electron chi connectivity index (χ2n) is 6.62. The van der Waals surface area contributed by atoms with Crippen LogP contribution in [-0.2, 0) is 16.1 Å². The molecule has 3 rings (SSSR count). The summed E-state index contributed by atoms with van der Waals surface area (Å²) in [6.45, 7) is 5.49. The van der Waals surface area contributed by atoms with Crippen LogP contribution in [0.1, 0.15) is 34.4 Å². The van der Waals surface area contributed by atoms with Crippen molar-refractivity contribution in [1.82, 2.24) is 4.57 Å². The van der Waals surface area contributed by atoms with Gasteiger partial charge in [0, 0.05) is 23.1 Å². The lowest BCUT2D eigenvalue weighted by Gasteiger charge is -2.14. The Labute approximate surface area is 166 Å². The quantitative estimate of drug-likeness (QED) is 0.627. The molecular weight excluding hydrogens is 382 g/mol. The molecule has 2 aromatic heterocycles. The van der Waals surface area contributed by atoms with Crippen molar-refractivity contribution in [2.45, 2.75) is 33.4 Å². The molecule has 1 N–H and O–H groups in total. The molecule has 2 heterocycles. The maximum absolute atomic E-state index is 13.3. The van der Waals surface area contributed by atoms with Crippen molar-refractivity contribution in [2.75, 3.05) is 5.32 Å². The van der Waals surface area contributed by atoms with E-state index in [4.69, 9.17) is 9.15 Å². The number of furan rings is 1. The van der Waals surface area contributed by atoms with E-state index in [0.29, 0.717) is 17.8 Å². The fourth-order valence-electron chi connectivity index (χ4n) is 2.90. The number of halogens is 2. The number of anilines is 1. The van der Waals surface area contributed by atoms with E-state index in [2.05, 4.69) is 5.32 Å². The van der Waals surface area contributed by atoms with Gasteiger partial charge in [-0.25, -0.2) is 13.6 Å². The van der Waals surface area contributed by atoms with E-state index >= 15 is 0 Å². The van der Waals surface area contributed by atoms with Gasteiger partial charge in [-0.15, -0.1) is 0 Å². The number of esters is 1. The monoisotopic (exact) mass is 402 g/mol. The predicted octanol–water partition coefficient (Wildman–Crippen LogP) is 4.21. The smallest absolute Gasteiger partial charge is 0.340 e. The minimum Gasteiger partial charge on any atom is -0.467 e. The number of carbonyl (C=O) groups excluding carboxylic acids is 2. The number of hydrogen-bond donors (Lipinski definition) is 1. The van der Waals surface area contributed by atoms with Gasteiger partial charge in [-0.1, -0.05) is 0 Å². The van der Waals surface area contributed by atoms with Crippen LogP contribution in [0, 0.1) is 25.5 Å². The van der Waals surface area contributed by atoms with Crippen LogP contribution in [0.4, 0.5) is 14.5 Å². The van der Waals surface area contributed by atoms with Crippen molar-refractivity contribution in [3.05, 3.63) is 77.0 Å². The molecule has 0 radical (unpaired) electrons. The maximum atomic E-state index is 13.3. The molecule has 29 heavy (non-hydrogen) atoms. The molecule has 0 unspecified atom stereocenters. The molecule has 0 spiro atoms. The summed E-state index contributed by atoms with van der Waals surface area (Å²) >= 11 is 0. The van der Waals surface area contributed by atoms with Crippen LogP contribution in [0.2, 0.25) is 0 Å². The highest BCUT2D eigenvalue weighted by Gasteiger charge is 2.23. The Morgan fingerprint density at radius 1 is 1.17 bits per heavy atom. The molecule has 152 valence electrons. The van der Waals surface area contributed by atoms with E-state index in [1.165, 1.54) is 13.0 Å². The fraction of sp³-hybridized carbons (Fsp3) is 0.238.